The van der Waals surface area contributed by atoms with Crippen molar-refractivity contribution in [3.05, 3.63) is 12.2 Å². The van der Waals surface area contributed by atoms with E-state index < -0.39 is 23.9 Å². The normalized spacial score (nSPS) is 32.6. The molecular weight excluding hydrogens is 344 g/mol. The maximum absolute atomic E-state index is 12.2. The summed E-state index contributed by atoms with van der Waals surface area (Å²) in [7, 11) is 0. The molecule has 0 radical (unpaired) electrons. The molecule has 1 saturated carbocycles. The fraction of sp³-hybridized carbons (Fsp3) is 0.864. The highest BCUT2D eigenvalue weighted by molar-refractivity contribution is 5.81. The number of ether oxygens (including phenoxy) is 1. The average molecular weight is 383 g/mol. The Hall–Kier alpha value is -0.750. The van der Waals surface area contributed by atoms with Crippen LogP contribution < -0.4 is 0 Å². The summed E-state index contributed by atoms with van der Waals surface area (Å²) in [5, 5.41) is 29.2. The van der Waals surface area contributed by atoms with Gasteiger partial charge in [0.15, 0.2) is 0 Å². The van der Waals surface area contributed by atoms with Crippen LogP contribution in [0.2, 0.25) is 0 Å². The predicted molar refractivity (Wildman–Crippen MR) is 105 cm³/mol. The van der Waals surface area contributed by atoms with Crippen LogP contribution >= 0.6 is 0 Å². The Balaban J connectivity index is 1.56. The molecule has 5 nitrogen and oxygen atoms in total. The molecule has 0 aromatic rings. The van der Waals surface area contributed by atoms with Gasteiger partial charge in [-0.2, -0.15) is 0 Å². The Labute approximate surface area is 163 Å². The minimum atomic E-state index is -1.07. The number of carbonyl (C=O) groups is 1. The van der Waals surface area contributed by atoms with Crippen LogP contribution in [0.25, 0.3) is 0 Å². The number of aliphatic hydroxyl groups excluding tert-OH is 3. The zero-order valence-electron chi connectivity index (χ0n) is 16.8. The largest absolute Gasteiger partial charge is 0.394 e. The molecule has 2 rings (SSSR count). The molecule has 0 aromatic heterocycles. The summed E-state index contributed by atoms with van der Waals surface area (Å²) in [4.78, 5) is 12.2. The van der Waals surface area contributed by atoms with E-state index in [1.165, 1.54) is 51.4 Å². The van der Waals surface area contributed by atoms with Crippen molar-refractivity contribution >= 4 is 5.78 Å². The third-order valence-electron chi connectivity index (χ3n) is 6.02. The molecule has 0 spiro atoms. The Morgan fingerprint density at radius 3 is 2.37 bits per heavy atom. The summed E-state index contributed by atoms with van der Waals surface area (Å²) in [6.07, 6.45) is 13.9. The Bertz CT molecular complexity index is 477. The highest BCUT2D eigenvalue weighted by Gasteiger charge is 2.65. The van der Waals surface area contributed by atoms with Crippen LogP contribution in [0.3, 0.4) is 0 Å². The zero-order chi connectivity index (χ0) is 19.7. The van der Waals surface area contributed by atoms with E-state index in [9.17, 15) is 20.1 Å². The number of hydrogen-bond acceptors (Lipinski definition) is 5. The zero-order valence-corrected chi connectivity index (χ0v) is 16.8. The molecule has 1 aliphatic heterocycles. The first-order valence-corrected chi connectivity index (χ1v) is 10.9. The number of ketones is 1. The number of Topliss-reactive ketones (excluding diaryl/α,β-unsaturated/α-hetero) is 1. The lowest BCUT2D eigenvalue weighted by molar-refractivity contribution is -0.187. The highest BCUT2D eigenvalue weighted by Crippen LogP contribution is 2.56. The van der Waals surface area contributed by atoms with E-state index >= 15 is 0 Å². The second kappa shape index (κ2) is 11.3. The molecule has 1 saturated heterocycles. The van der Waals surface area contributed by atoms with Gasteiger partial charge in [-0.15, -0.1) is 0 Å². The van der Waals surface area contributed by atoms with Crippen molar-refractivity contribution in [2.45, 2.75) is 108 Å². The molecule has 0 bridgehead atoms. The fourth-order valence-corrected chi connectivity index (χ4v) is 4.23. The monoisotopic (exact) mass is 382 g/mol. The van der Waals surface area contributed by atoms with Gasteiger partial charge >= 0.3 is 0 Å². The third kappa shape index (κ3) is 6.67. The summed E-state index contributed by atoms with van der Waals surface area (Å²) < 4.78 is 5.75. The van der Waals surface area contributed by atoms with Gasteiger partial charge in [-0.25, -0.2) is 0 Å². The quantitative estimate of drug-likeness (QED) is 0.317. The minimum absolute atomic E-state index is 0.0879. The standard InChI is InChI=1S/C22H38O5/c1-2-3-4-5-6-7-8-9-10-11-12-13-17(24)14-22-15-18(22)20(25)21(26)19(16-23)27-22/h11-12,18-21,23,25-26H,2-10,13-16H2,1H3/b12-11-/t18-,19?,20?,21-,22?/m1/s1. The smallest absolute Gasteiger partial charge is 0.139 e. The van der Waals surface area contributed by atoms with Crippen molar-refractivity contribution in [3.8, 4) is 0 Å². The molecule has 2 fully saturated rings. The van der Waals surface area contributed by atoms with Crippen LogP contribution in [0.15, 0.2) is 12.2 Å². The maximum atomic E-state index is 12.2. The van der Waals surface area contributed by atoms with Crippen molar-refractivity contribution in [2.24, 2.45) is 5.92 Å². The van der Waals surface area contributed by atoms with Gasteiger partial charge in [-0.3, -0.25) is 4.79 Å². The first kappa shape index (κ1) is 22.5. The number of hydrogen-bond donors (Lipinski definition) is 3. The average Bonchev–Trinajstić information content (AvgIpc) is 3.37. The van der Waals surface area contributed by atoms with Gasteiger partial charge in [0, 0.05) is 18.8 Å². The lowest BCUT2D eigenvalue weighted by Crippen LogP contribution is -2.51. The molecule has 3 N–H and O–H groups in total. The van der Waals surface area contributed by atoms with Gasteiger partial charge in [-0.1, -0.05) is 64.0 Å². The molecule has 2 aliphatic rings. The summed E-state index contributed by atoms with van der Waals surface area (Å²) in [6, 6.07) is 0. The predicted octanol–water partition coefficient (Wildman–Crippen LogP) is 3.29. The van der Waals surface area contributed by atoms with Crippen molar-refractivity contribution in [2.75, 3.05) is 6.61 Å². The first-order valence-electron chi connectivity index (χ1n) is 10.9. The Kier molecular flexibility index (Phi) is 9.43. The molecule has 5 atom stereocenters. The molecule has 0 aromatic carbocycles. The van der Waals surface area contributed by atoms with Crippen LogP contribution in [0.4, 0.5) is 0 Å². The van der Waals surface area contributed by atoms with Crippen LogP contribution in [-0.4, -0.2) is 51.6 Å². The van der Waals surface area contributed by atoms with Crippen LogP contribution in [0.5, 0.6) is 0 Å². The van der Waals surface area contributed by atoms with Crippen molar-refractivity contribution in [1.29, 1.82) is 0 Å². The van der Waals surface area contributed by atoms with Gasteiger partial charge in [0.1, 0.15) is 18.0 Å². The fourth-order valence-electron chi connectivity index (χ4n) is 4.23. The number of carbonyl (C=O) groups excluding carboxylic acids is 1. The molecule has 3 unspecified atom stereocenters. The molecular formula is C22H38O5. The van der Waals surface area contributed by atoms with E-state index in [1.54, 1.807) is 0 Å². The molecule has 156 valence electrons. The molecule has 1 aliphatic carbocycles. The van der Waals surface area contributed by atoms with Gasteiger partial charge in [0.2, 0.25) is 0 Å². The molecule has 0 amide bonds. The van der Waals surface area contributed by atoms with E-state index in [-0.39, 0.29) is 24.7 Å². The molecule has 1 heterocycles. The SMILES string of the molecule is CCCCCCCCCC/C=C\CC(=O)CC12C[C@@H]1C(O)[C@H](O)C(CO)O2. The Morgan fingerprint density at radius 2 is 1.70 bits per heavy atom. The van der Waals surface area contributed by atoms with E-state index in [0.29, 0.717) is 12.8 Å². The van der Waals surface area contributed by atoms with E-state index in [0.717, 1.165) is 6.42 Å². The van der Waals surface area contributed by atoms with E-state index in [1.807, 2.05) is 6.08 Å². The highest BCUT2D eigenvalue weighted by atomic mass is 16.5. The summed E-state index contributed by atoms with van der Waals surface area (Å²) in [5.41, 5.74) is -0.672. The van der Waals surface area contributed by atoms with Gasteiger partial charge < -0.3 is 20.1 Å². The number of rotatable bonds is 14. The number of fused-ring (bicyclic) bond motifs is 1. The van der Waals surface area contributed by atoms with Crippen LogP contribution in [0.1, 0.15) is 84.0 Å². The molecule has 5 heteroatoms. The summed E-state index contributed by atoms with van der Waals surface area (Å²) in [6.45, 7) is 1.89. The van der Waals surface area contributed by atoms with E-state index in [4.69, 9.17) is 4.74 Å². The van der Waals surface area contributed by atoms with Crippen molar-refractivity contribution < 1.29 is 24.9 Å². The number of unbranched alkanes of at least 4 members (excludes halogenated alkanes) is 8. The van der Waals surface area contributed by atoms with Crippen LogP contribution in [-0.2, 0) is 9.53 Å². The summed E-state index contributed by atoms with van der Waals surface area (Å²) in [5.74, 6) is -0.106. The van der Waals surface area contributed by atoms with Gasteiger partial charge in [0.05, 0.1) is 18.3 Å². The maximum Gasteiger partial charge on any atom is 0.139 e. The van der Waals surface area contributed by atoms with Crippen molar-refractivity contribution in [1.82, 2.24) is 0 Å². The lowest BCUT2D eigenvalue weighted by atomic mass is 9.95. The number of allylic oxidation sites excluding steroid dienone is 2. The van der Waals surface area contributed by atoms with Gasteiger partial charge in [0.25, 0.3) is 0 Å². The second-order valence-corrected chi connectivity index (χ2v) is 8.35. The molecule has 27 heavy (non-hydrogen) atoms. The first-order chi connectivity index (χ1) is 13.0. The minimum Gasteiger partial charge on any atom is -0.394 e. The lowest BCUT2D eigenvalue weighted by Gasteiger charge is -2.35. The van der Waals surface area contributed by atoms with Crippen molar-refractivity contribution in [3.63, 3.8) is 0 Å². The van der Waals surface area contributed by atoms with E-state index in [2.05, 4.69) is 13.0 Å². The van der Waals surface area contributed by atoms with Gasteiger partial charge in [-0.05, 0) is 19.3 Å². The Morgan fingerprint density at radius 1 is 1.04 bits per heavy atom. The third-order valence-corrected chi connectivity index (χ3v) is 6.02. The van der Waals surface area contributed by atoms with Crippen LogP contribution in [0, 0.1) is 5.92 Å². The topological polar surface area (TPSA) is 87.0 Å². The second-order valence-electron chi connectivity index (χ2n) is 8.35. The number of aliphatic hydroxyl groups is 3. The summed E-state index contributed by atoms with van der Waals surface area (Å²) >= 11 is 0.